The van der Waals surface area contributed by atoms with E-state index in [1.165, 1.54) is 25.1 Å². The van der Waals surface area contributed by atoms with E-state index in [2.05, 4.69) is 10.3 Å². The molecule has 2 aromatic carbocycles. The molecule has 0 radical (unpaired) electrons. The van der Waals surface area contributed by atoms with Gasteiger partial charge in [0.2, 0.25) is 6.79 Å². The number of esters is 1. The Balaban J connectivity index is 1.38. The van der Waals surface area contributed by atoms with Gasteiger partial charge in [0, 0.05) is 10.9 Å². The number of hydrogen-bond acceptors (Lipinski definition) is 7. The van der Waals surface area contributed by atoms with Crippen LogP contribution in [0.3, 0.4) is 0 Å². The highest BCUT2D eigenvalue weighted by Gasteiger charge is 2.22. The van der Waals surface area contributed by atoms with Gasteiger partial charge in [-0.3, -0.25) is 10.1 Å². The van der Waals surface area contributed by atoms with Gasteiger partial charge in [-0.2, -0.15) is 0 Å². The van der Waals surface area contributed by atoms with Gasteiger partial charge in [-0.1, -0.05) is 0 Å². The average molecular weight is 432 g/mol. The summed E-state index contributed by atoms with van der Waals surface area (Å²) < 4.78 is 42.0. The van der Waals surface area contributed by atoms with Crippen molar-refractivity contribution in [2.24, 2.45) is 0 Å². The summed E-state index contributed by atoms with van der Waals surface area (Å²) >= 11 is 1.10. The first-order valence-electron chi connectivity index (χ1n) is 8.73. The van der Waals surface area contributed by atoms with E-state index in [0.29, 0.717) is 22.8 Å². The number of carbonyl (C=O) groups excluding carboxylic acids is 2. The number of nitrogens with one attached hydrogen (secondary N) is 1. The molecule has 1 aliphatic heterocycles. The number of carbonyl (C=O) groups is 2. The molecule has 4 rings (SSSR count). The molecule has 0 bridgehead atoms. The van der Waals surface area contributed by atoms with Crippen molar-refractivity contribution in [3.05, 3.63) is 59.0 Å². The first-order valence-corrected chi connectivity index (χ1v) is 9.61. The van der Waals surface area contributed by atoms with Gasteiger partial charge in [0.1, 0.15) is 0 Å². The van der Waals surface area contributed by atoms with E-state index < -0.39 is 29.6 Å². The molecule has 0 fully saturated rings. The molecule has 1 N–H and O–H groups in total. The van der Waals surface area contributed by atoms with Gasteiger partial charge >= 0.3 is 5.97 Å². The molecular formula is C20H14F2N2O5S. The number of thiazole rings is 1. The number of aromatic nitrogens is 1. The summed E-state index contributed by atoms with van der Waals surface area (Å²) in [5.74, 6) is -2.28. The molecule has 154 valence electrons. The molecule has 0 unspecified atom stereocenters. The zero-order chi connectivity index (χ0) is 21.3. The van der Waals surface area contributed by atoms with E-state index in [-0.39, 0.29) is 17.5 Å². The summed E-state index contributed by atoms with van der Waals surface area (Å²) in [6, 6.07) is 7.97. The standard InChI is InChI=1S/C20H14F2N2O5S/c1-10(29-19(26)12-3-5-16-17(7-12)28-9-27-16)18(25)24-20-23-15(8-30-20)11-2-4-13(21)14(22)6-11/h2-8,10H,9H2,1H3,(H,23,24,25)/t10-/m0/s1. The highest BCUT2D eigenvalue weighted by molar-refractivity contribution is 7.14. The fourth-order valence-corrected chi connectivity index (χ4v) is 3.35. The van der Waals surface area contributed by atoms with Crippen molar-refractivity contribution >= 4 is 28.3 Å². The third kappa shape index (κ3) is 4.08. The van der Waals surface area contributed by atoms with Crippen molar-refractivity contribution in [1.29, 1.82) is 0 Å². The van der Waals surface area contributed by atoms with Crippen LogP contribution in [0.4, 0.5) is 13.9 Å². The Labute approximate surface area is 173 Å². The first kappa shape index (κ1) is 19.8. The monoisotopic (exact) mass is 432 g/mol. The lowest BCUT2D eigenvalue weighted by Crippen LogP contribution is -2.29. The molecule has 1 atom stereocenters. The summed E-state index contributed by atoms with van der Waals surface area (Å²) in [4.78, 5) is 28.8. The van der Waals surface area contributed by atoms with Crippen LogP contribution in [-0.2, 0) is 9.53 Å². The lowest BCUT2D eigenvalue weighted by atomic mass is 10.2. The van der Waals surface area contributed by atoms with Crippen LogP contribution in [0.1, 0.15) is 17.3 Å². The minimum absolute atomic E-state index is 0.0764. The van der Waals surface area contributed by atoms with Gasteiger partial charge in [-0.15, -0.1) is 11.3 Å². The number of fused-ring (bicyclic) bond motifs is 1. The maximum atomic E-state index is 13.4. The van der Waals surface area contributed by atoms with Crippen LogP contribution < -0.4 is 14.8 Å². The van der Waals surface area contributed by atoms with Crippen LogP contribution in [0.5, 0.6) is 11.5 Å². The second kappa shape index (κ2) is 8.07. The van der Waals surface area contributed by atoms with Gasteiger partial charge in [0.25, 0.3) is 5.91 Å². The molecule has 1 aromatic heterocycles. The molecule has 0 saturated heterocycles. The summed E-state index contributed by atoms with van der Waals surface area (Å²) in [6.07, 6.45) is -1.10. The molecule has 7 nitrogen and oxygen atoms in total. The van der Waals surface area contributed by atoms with Gasteiger partial charge in [0.05, 0.1) is 11.3 Å². The largest absolute Gasteiger partial charge is 0.454 e. The summed E-state index contributed by atoms with van der Waals surface area (Å²) in [7, 11) is 0. The second-order valence-corrected chi connectivity index (χ2v) is 7.13. The Morgan fingerprint density at radius 3 is 2.73 bits per heavy atom. The van der Waals surface area contributed by atoms with Crippen LogP contribution in [0.25, 0.3) is 11.3 Å². The number of ether oxygens (including phenoxy) is 3. The van der Waals surface area contributed by atoms with Crippen molar-refractivity contribution in [1.82, 2.24) is 4.98 Å². The molecule has 0 aliphatic carbocycles. The fraction of sp³-hybridized carbons (Fsp3) is 0.150. The third-order valence-electron chi connectivity index (χ3n) is 4.21. The van der Waals surface area contributed by atoms with Crippen LogP contribution in [0.2, 0.25) is 0 Å². The molecule has 0 spiro atoms. The molecule has 10 heteroatoms. The van der Waals surface area contributed by atoms with Crippen LogP contribution in [-0.4, -0.2) is 29.8 Å². The maximum absolute atomic E-state index is 13.4. The molecule has 1 aliphatic rings. The molecule has 30 heavy (non-hydrogen) atoms. The quantitative estimate of drug-likeness (QED) is 0.614. The first-order chi connectivity index (χ1) is 14.4. The van der Waals surface area contributed by atoms with E-state index in [9.17, 15) is 18.4 Å². The number of halogens is 2. The van der Waals surface area contributed by atoms with Crippen molar-refractivity contribution in [2.75, 3.05) is 12.1 Å². The minimum atomic E-state index is -1.10. The van der Waals surface area contributed by atoms with E-state index in [0.717, 1.165) is 23.5 Å². The van der Waals surface area contributed by atoms with Gasteiger partial charge < -0.3 is 14.2 Å². The van der Waals surface area contributed by atoms with Crippen molar-refractivity contribution in [3.63, 3.8) is 0 Å². The number of nitrogens with zero attached hydrogens (tertiary/aromatic N) is 1. The average Bonchev–Trinajstić information content (AvgIpc) is 3.38. The summed E-state index contributed by atoms with van der Waals surface area (Å²) in [5.41, 5.74) is 0.959. The SMILES string of the molecule is C[C@H](OC(=O)c1ccc2c(c1)OCO2)C(=O)Nc1nc(-c2ccc(F)c(F)c2)cs1. The number of amides is 1. The van der Waals surface area contributed by atoms with Crippen molar-refractivity contribution in [3.8, 4) is 22.8 Å². The third-order valence-corrected chi connectivity index (χ3v) is 4.97. The Hall–Kier alpha value is -3.53. The van der Waals surface area contributed by atoms with E-state index >= 15 is 0 Å². The van der Waals surface area contributed by atoms with Crippen molar-refractivity contribution in [2.45, 2.75) is 13.0 Å². The fourth-order valence-electron chi connectivity index (χ4n) is 2.63. The van der Waals surface area contributed by atoms with Crippen molar-refractivity contribution < 1.29 is 32.6 Å². The molecule has 3 aromatic rings. The minimum Gasteiger partial charge on any atom is -0.454 e. The molecule has 0 saturated carbocycles. The normalized spacial score (nSPS) is 13.0. The number of benzene rings is 2. The van der Waals surface area contributed by atoms with Crippen LogP contribution in [0.15, 0.2) is 41.8 Å². The maximum Gasteiger partial charge on any atom is 0.339 e. The predicted molar refractivity (Wildman–Crippen MR) is 104 cm³/mol. The number of anilines is 1. The molecule has 1 amide bonds. The van der Waals surface area contributed by atoms with Crippen LogP contribution >= 0.6 is 11.3 Å². The smallest absolute Gasteiger partial charge is 0.339 e. The van der Waals surface area contributed by atoms with E-state index in [4.69, 9.17) is 14.2 Å². The second-order valence-electron chi connectivity index (χ2n) is 6.27. The lowest BCUT2D eigenvalue weighted by Gasteiger charge is -2.12. The highest BCUT2D eigenvalue weighted by atomic mass is 32.1. The van der Waals surface area contributed by atoms with Crippen LogP contribution in [0, 0.1) is 11.6 Å². The molecular weight excluding hydrogens is 418 g/mol. The Morgan fingerprint density at radius 1 is 1.13 bits per heavy atom. The summed E-state index contributed by atoms with van der Waals surface area (Å²) in [6.45, 7) is 1.50. The lowest BCUT2D eigenvalue weighted by molar-refractivity contribution is -0.123. The number of rotatable bonds is 5. The van der Waals surface area contributed by atoms with E-state index in [1.807, 2.05) is 0 Å². The highest BCUT2D eigenvalue weighted by Crippen LogP contribution is 2.32. The van der Waals surface area contributed by atoms with Gasteiger partial charge in [-0.25, -0.2) is 18.6 Å². The van der Waals surface area contributed by atoms with Gasteiger partial charge in [-0.05, 0) is 43.3 Å². The van der Waals surface area contributed by atoms with Gasteiger partial charge in [0.15, 0.2) is 34.4 Å². The zero-order valence-electron chi connectivity index (χ0n) is 15.5. The Morgan fingerprint density at radius 2 is 1.93 bits per heavy atom. The Bertz CT molecular complexity index is 1130. The predicted octanol–water partition coefficient (Wildman–Crippen LogP) is 4.00. The molecule has 2 heterocycles. The van der Waals surface area contributed by atoms with E-state index in [1.54, 1.807) is 11.4 Å². The summed E-state index contributed by atoms with van der Waals surface area (Å²) in [5, 5.41) is 4.35. The topological polar surface area (TPSA) is 86.8 Å². The zero-order valence-corrected chi connectivity index (χ0v) is 16.3. The Kier molecular flexibility index (Phi) is 5.32. The number of hydrogen-bond donors (Lipinski definition) is 1.